The molecule has 9 heteroatoms. The Morgan fingerprint density at radius 3 is 2.66 bits per heavy atom. The lowest BCUT2D eigenvalue weighted by Gasteiger charge is -2.25. The van der Waals surface area contributed by atoms with Gasteiger partial charge in [-0.2, -0.15) is 0 Å². The van der Waals surface area contributed by atoms with Crippen molar-refractivity contribution in [2.45, 2.75) is 25.3 Å². The number of ether oxygens (including phenoxy) is 1. The number of ketones is 1. The minimum absolute atomic E-state index is 0.123. The lowest BCUT2D eigenvalue weighted by atomic mass is 10.1. The molecule has 0 bridgehead atoms. The first-order valence-electron chi connectivity index (χ1n) is 8.88. The average Bonchev–Trinajstić information content (AvgIpc) is 3.35. The number of benzene rings is 1. The van der Waals surface area contributed by atoms with Gasteiger partial charge in [-0.3, -0.25) is 14.4 Å². The van der Waals surface area contributed by atoms with Gasteiger partial charge in [0.15, 0.2) is 12.4 Å². The molecule has 1 aliphatic rings. The number of thioether (sulfide) groups is 1. The Morgan fingerprint density at radius 1 is 1.21 bits per heavy atom. The predicted molar refractivity (Wildman–Crippen MR) is 106 cm³/mol. The number of amides is 2. The Bertz CT molecular complexity index is 927. The number of furan rings is 1. The number of nitrogens with zero attached hydrogens (tertiary/aromatic N) is 1. The molecule has 0 unspecified atom stereocenters. The maximum Gasteiger partial charge on any atom is 0.330 e. The molecule has 1 saturated heterocycles. The van der Waals surface area contributed by atoms with E-state index in [2.05, 4.69) is 5.32 Å². The van der Waals surface area contributed by atoms with Crippen LogP contribution in [-0.4, -0.2) is 46.9 Å². The molecular formula is C20H20N2O6S. The van der Waals surface area contributed by atoms with Gasteiger partial charge in [0.05, 0.1) is 6.26 Å². The number of hydrogen-bond donors (Lipinski definition) is 1. The Labute approximate surface area is 171 Å². The molecule has 1 aliphatic heterocycles. The zero-order chi connectivity index (χ0) is 21.0. The van der Waals surface area contributed by atoms with E-state index in [9.17, 15) is 19.2 Å². The summed E-state index contributed by atoms with van der Waals surface area (Å²) in [6.07, 6.45) is 1.51. The van der Waals surface area contributed by atoms with Crippen LogP contribution in [0.15, 0.2) is 47.1 Å². The Balaban J connectivity index is 1.58. The standard InChI is InChI=1S/C20H20N2O6S/c1-12(23)14-5-3-6-15(9-14)21-18(25)10-28-20(26)16-11-29-19(22(16)13(2)24)17-7-4-8-27-17/h3-9,16,19H,10-11H2,1-2H3,(H,21,25)/t16-,19-/m0/s1. The van der Waals surface area contributed by atoms with Gasteiger partial charge < -0.3 is 19.4 Å². The lowest BCUT2D eigenvalue weighted by Crippen LogP contribution is -2.43. The van der Waals surface area contributed by atoms with Gasteiger partial charge in [-0.1, -0.05) is 12.1 Å². The quantitative estimate of drug-likeness (QED) is 0.570. The Kier molecular flexibility index (Phi) is 6.38. The van der Waals surface area contributed by atoms with Crippen LogP contribution < -0.4 is 5.32 Å². The van der Waals surface area contributed by atoms with Gasteiger partial charge >= 0.3 is 5.97 Å². The highest BCUT2D eigenvalue weighted by Gasteiger charge is 2.43. The van der Waals surface area contributed by atoms with E-state index in [1.54, 1.807) is 36.4 Å². The van der Waals surface area contributed by atoms with Crippen molar-refractivity contribution in [1.29, 1.82) is 0 Å². The van der Waals surface area contributed by atoms with Crippen LogP contribution in [-0.2, 0) is 19.1 Å². The third kappa shape index (κ3) is 4.86. The summed E-state index contributed by atoms with van der Waals surface area (Å²) >= 11 is 1.39. The molecule has 1 aromatic heterocycles. The summed E-state index contributed by atoms with van der Waals surface area (Å²) in [5.41, 5.74) is 0.891. The second kappa shape index (κ2) is 8.95. The van der Waals surface area contributed by atoms with Crippen molar-refractivity contribution in [2.24, 2.45) is 0 Å². The normalized spacial score (nSPS) is 18.3. The molecule has 0 radical (unpaired) electrons. The third-order valence-corrected chi connectivity index (χ3v) is 5.60. The van der Waals surface area contributed by atoms with Crippen LogP contribution in [0.1, 0.15) is 35.3 Å². The number of rotatable bonds is 6. The first-order valence-corrected chi connectivity index (χ1v) is 9.93. The molecule has 1 aromatic carbocycles. The van der Waals surface area contributed by atoms with Crippen LogP contribution in [0.4, 0.5) is 5.69 Å². The van der Waals surface area contributed by atoms with Crippen LogP contribution in [0.2, 0.25) is 0 Å². The van der Waals surface area contributed by atoms with E-state index in [-0.39, 0.29) is 11.7 Å². The number of nitrogens with one attached hydrogen (secondary N) is 1. The maximum atomic E-state index is 12.5. The fraction of sp³-hybridized carbons (Fsp3) is 0.300. The summed E-state index contributed by atoms with van der Waals surface area (Å²) in [4.78, 5) is 49.5. The van der Waals surface area contributed by atoms with Crippen molar-refractivity contribution < 1.29 is 28.3 Å². The van der Waals surface area contributed by atoms with Crippen molar-refractivity contribution in [2.75, 3.05) is 17.7 Å². The van der Waals surface area contributed by atoms with Crippen LogP contribution in [0, 0.1) is 0 Å². The molecule has 1 fully saturated rings. The zero-order valence-corrected chi connectivity index (χ0v) is 16.7. The highest BCUT2D eigenvalue weighted by molar-refractivity contribution is 7.99. The summed E-state index contributed by atoms with van der Waals surface area (Å²) < 4.78 is 10.5. The smallest absolute Gasteiger partial charge is 0.330 e. The van der Waals surface area contributed by atoms with E-state index in [1.807, 2.05) is 0 Å². The fourth-order valence-corrected chi connectivity index (χ4v) is 4.39. The first-order chi connectivity index (χ1) is 13.9. The van der Waals surface area contributed by atoms with E-state index in [1.165, 1.54) is 36.8 Å². The van der Waals surface area contributed by atoms with Crippen LogP contribution >= 0.6 is 11.8 Å². The summed E-state index contributed by atoms with van der Waals surface area (Å²) in [6.45, 7) is 2.30. The van der Waals surface area contributed by atoms with Crippen molar-refractivity contribution in [3.05, 3.63) is 54.0 Å². The molecule has 2 amide bonds. The average molecular weight is 416 g/mol. The number of carbonyl (C=O) groups excluding carboxylic acids is 4. The van der Waals surface area contributed by atoms with Crippen molar-refractivity contribution in [3.63, 3.8) is 0 Å². The molecule has 8 nitrogen and oxygen atoms in total. The minimum atomic E-state index is -0.804. The summed E-state index contributed by atoms with van der Waals surface area (Å²) in [5, 5.41) is 2.17. The van der Waals surface area contributed by atoms with Gasteiger partial charge in [0, 0.05) is 23.9 Å². The molecule has 0 saturated carbocycles. The van der Waals surface area contributed by atoms with E-state index in [4.69, 9.17) is 9.15 Å². The van der Waals surface area contributed by atoms with Gasteiger partial charge in [0.2, 0.25) is 5.91 Å². The molecule has 29 heavy (non-hydrogen) atoms. The zero-order valence-electron chi connectivity index (χ0n) is 15.9. The molecule has 2 atom stereocenters. The maximum absolute atomic E-state index is 12.5. The lowest BCUT2D eigenvalue weighted by molar-refractivity contribution is -0.155. The molecule has 3 rings (SSSR count). The minimum Gasteiger partial charge on any atom is -0.466 e. The van der Waals surface area contributed by atoms with Crippen molar-refractivity contribution >= 4 is 41.0 Å². The monoisotopic (exact) mass is 416 g/mol. The fourth-order valence-electron chi connectivity index (χ4n) is 2.97. The largest absolute Gasteiger partial charge is 0.466 e. The molecule has 152 valence electrons. The molecule has 1 N–H and O–H groups in total. The van der Waals surface area contributed by atoms with Crippen LogP contribution in [0.3, 0.4) is 0 Å². The molecular weight excluding hydrogens is 396 g/mol. The Morgan fingerprint density at radius 2 is 2.00 bits per heavy atom. The van der Waals surface area contributed by atoms with E-state index in [0.29, 0.717) is 22.8 Å². The molecule has 0 aliphatic carbocycles. The Hall–Kier alpha value is -3.07. The van der Waals surface area contributed by atoms with Crippen LogP contribution in [0.25, 0.3) is 0 Å². The summed E-state index contributed by atoms with van der Waals surface area (Å²) in [7, 11) is 0. The van der Waals surface area contributed by atoms with Gasteiger partial charge in [0.25, 0.3) is 5.91 Å². The van der Waals surface area contributed by atoms with E-state index < -0.39 is 29.9 Å². The van der Waals surface area contributed by atoms with E-state index >= 15 is 0 Å². The number of Topliss-reactive ketones (excluding diaryl/α,β-unsaturated/α-hetero) is 1. The second-order valence-corrected chi connectivity index (χ2v) is 7.55. The van der Waals surface area contributed by atoms with Gasteiger partial charge in [0.1, 0.15) is 17.2 Å². The molecule has 2 heterocycles. The topological polar surface area (TPSA) is 106 Å². The third-order valence-electron chi connectivity index (χ3n) is 4.32. The second-order valence-electron chi connectivity index (χ2n) is 6.44. The van der Waals surface area contributed by atoms with Crippen LogP contribution in [0.5, 0.6) is 0 Å². The van der Waals surface area contributed by atoms with Gasteiger partial charge in [-0.15, -0.1) is 11.8 Å². The highest BCUT2D eigenvalue weighted by Crippen LogP contribution is 2.41. The first kappa shape index (κ1) is 20.7. The van der Waals surface area contributed by atoms with Crippen molar-refractivity contribution in [1.82, 2.24) is 4.90 Å². The van der Waals surface area contributed by atoms with Crippen molar-refractivity contribution in [3.8, 4) is 0 Å². The molecule has 2 aromatic rings. The highest BCUT2D eigenvalue weighted by atomic mass is 32.2. The summed E-state index contributed by atoms with van der Waals surface area (Å²) in [5.74, 6) is -0.698. The molecule has 0 spiro atoms. The SMILES string of the molecule is CC(=O)c1cccc(NC(=O)COC(=O)[C@@H]2CS[C@@H](c3ccco3)N2C(C)=O)c1. The number of hydrogen-bond acceptors (Lipinski definition) is 7. The van der Waals surface area contributed by atoms with Gasteiger partial charge in [-0.05, 0) is 31.2 Å². The number of carbonyl (C=O) groups is 4. The predicted octanol–water partition coefficient (Wildman–Crippen LogP) is 2.63. The number of anilines is 1. The van der Waals surface area contributed by atoms with E-state index in [0.717, 1.165) is 0 Å². The summed E-state index contributed by atoms with van der Waals surface area (Å²) in [6, 6.07) is 9.11. The number of esters is 1. The van der Waals surface area contributed by atoms with Gasteiger partial charge in [-0.25, -0.2) is 4.79 Å².